The summed E-state index contributed by atoms with van der Waals surface area (Å²) in [4.78, 5) is 25.8. The van der Waals surface area contributed by atoms with Gasteiger partial charge in [-0.05, 0) is 25.8 Å². The van der Waals surface area contributed by atoms with Crippen LogP contribution < -0.4 is 10.6 Å². The maximum atomic E-state index is 12.2. The largest absolute Gasteiger partial charge is 0.359 e. The molecular weight excluding hydrogens is 266 g/mol. The summed E-state index contributed by atoms with van der Waals surface area (Å²) in [6, 6.07) is 0.357. The molecule has 2 amide bonds. The minimum atomic E-state index is 0.0455. The summed E-state index contributed by atoms with van der Waals surface area (Å²) in [6.07, 6.45) is 9.49. The molecule has 1 saturated heterocycles. The van der Waals surface area contributed by atoms with Gasteiger partial charge < -0.3 is 10.6 Å². The fraction of sp³-hybridized carbons (Fsp3) is 0.875. The van der Waals surface area contributed by atoms with E-state index in [1.807, 2.05) is 0 Å². The molecule has 2 rings (SSSR count). The molecular formula is C16H29N3O2. The van der Waals surface area contributed by atoms with Gasteiger partial charge in [-0.3, -0.25) is 14.5 Å². The second-order valence-electron chi connectivity index (χ2n) is 6.44. The van der Waals surface area contributed by atoms with E-state index in [-0.39, 0.29) is 17.7 Å². The number of rotatable bonds is 4. The van der Waals surface area contributed by atoms with Crippen molar-refractivity contribution in [1.29, 1.82) is 0 Å². The van der Waals surface area contributed by atoms with Gasteiger partial charge in [-0.15, -0.1) is 0 Å². The van der Waals surface area contributed by atoms with Crippen LogP contribution in [0, 0.1) is 5.92 Å². The molecule has 0 aromatic heterocycles. The van der Waals surface area contributed by atoms with Crippen molar-refractivity contribution in [3.63, 3.8) is 0 Å². The lowest BCUT2D eigenvalue weighted by Crippen LogP contribution is -2.42. The van der Waals surface area contributed by atoms with Gasteiger partial charge in [0, 0.05) is 19.6 Å². The number of nitrogens with one attached hydrogen (secondary N) is 2. The van der Waals surface area contributed by atoms with Gasteiger partial charge in [-0.1, -0.05) is 32.1 Å². The lowest BCUT2D eigenvalue weighted by atomic mass is 9.97. The summed E-state index contributed by atoms with van der Waals surface area (Å²) in [5.74, 6) is 0.264. The molecule has 2 aliphatic rings. The molecule has 0 radical (unpaired) electrons. The first kappa shape index (κ1) is 16.3. The number of likely N-dealkylation sites (tertiary alicyclic amines) is 1. The standard InChI is InChI=1S/C16H29N3O2/c1-17-16(21)13-9-10-19(11-13)12-15(20)18-14-7-5-3-2-4-6-8-14/h13-14H,2-12H2,1H3,(H,17,21)(H,18,20)/t13-/m1/s1. The monoisotopic (exact) mass is 295 g/mol. The molecule has 1 saturated carbocycles. The van der Waals surface area contributed by atoms with Gasteiger partial charge in [-0.25, -0.2) is 0 Å². The van der Waals surface area contributed by atoms with Crippen molar-refractivity contribution in [1.82, 2.24) is 15.5 Å². The van der Waals surface area contributed by atoms with Crippen LogP contribution in [0.2, 0.25) is 0 Å². The molecule has 0 aromatic carbocycles. The summed E-state index contributed by atoms with van der Waals surface area (Å²) in [7, 11) is 1.67. The lowest BCUT2D eigenvalue weighted by molar-refractivity contribution is -0.125. The highest BCUT2D eigenvalue weighted by molar-refractivity contribution is 5.80. The fourth-order valence-electron chi connectivity index (χ4n) is 3.47. The molecule has 120 valence electrons. The number of amides is 2. The molecule has 1 aliphatic heterocycles. The molecule has 0 spiro atoms. The Morgan fingerprint density at radius 3 is 2.38 bits per heavy atom. The Hall–Kier alpha value is -1.10. The first-order chi connectivity index (χ1) is 10.2. The van der Waals surface area contributed by atoms with Crippen LogP contribution in [0.15, 0.2) is 0 Å². The van der Waals surface area contributed by atoms with Crippen LogP contribution in [-0.4, -0.2) is 49.4 Å². The van der Waals surface area contributed by atoms with Gasteiger partial charge in [0.2, 0.25) is 11.8 Å². The predicted octanol–water partition coefficient (Wildman–Crippen LogP) is 1.28. The Morgan fingerprint density at radius 1 is 1.05 bits per heavy atom. The maximum Gasteiger partial charge on any atom is 0.234 e. The van der Waals surface area contributed by atoms with Crippen LogP contribution in [0.1, 0.15) is 51.4 Å². The van der Waals surface area contributed by atoms with E-state index in [0.29, 0.717) is 19.1 Å². The molecule has 2 fully saturated rings. The molecule has 0 aromatic rings. The summed E-state index contributed by atoms with van der Waals surface area (Å²) in [5, 5.41) is 5.88. The van der Waals surface area contributed by atoms with Gasteiger partial charge in [0.15, 0.2) is 0 Å². The second-order valence-corrected chi connectivity index (χ2v) is 6.44. The molecule has 5 heteroatoms. The average molecular weight is 295 g/mol. The molecule has 0 bridgehead atoms. The first-order valence-electron chi connectivity index (χ1n) is 8.42. The summed E-state index contributed by atoms with van der Waals surface area (Å²) in [6.45, 7) is 1.98. The number of hydrogen-bond donors (Lipinski definition) is 2. The van der Waals surface area contributed by atoms with E-state index in [2.05, 4.69) is 15.5 Å². The predicted molar refractivity (Wildman–Crippen MR) is 82.9 cm³/mol. The highest BCUT2D eigenvalue weighted by Gasteiger charge is 2.28. The van der Waals surface area contributed by atoms with Gasteiger partial charge in [0.05, 0.1) is 12.5 Å². The highest BCUT2D eigenvalue weighted by Crippen LogP contribution is 2.18. The van der Waals surface area contributed by atoms with E-state index in [4.69, 9.17) is 0 Å². The summed E-state index contributed by atoms with van der Waals surface area (Å²) < 4.78 is 0. The van der Waals surface area contributed by atoms with Crippen molar-refractivity contribution >= 4 is 11.8 Å². The van der Waals surface area contributed by atoms with Crippen molar-refractivity contribution in [2.24, 2.45) is 5.92 Å². The van der Waals surface area contributed by atoms with Crippen LogP contribution in [0.4, 0.5) is 0 Å². The minimum absolute atomic E-state index is 0.0455. The quantitative estimate of drug-likeness (QED) is 0.821. The van der Waals surface area contributed by atoms with E-state index in [1.165, 1.54) is 32.1 Å². The zero-order valence-electron chi connectivity index (χ0n) is 13.2. The van der Waals surface area contributed by atoms with Gasteiger partial charge in [-0.2, -0.15) is 0 Å². The van der Waals surface area contributed by atoms with Gasteiger partial charge in [0.25, 0.3) is 0 Å². The molecule has 21 heavy (non-hydrogen) atoms. The van der Waals surface area contributed by atoms with Crippen LogP contribution in [-0.2, 0) is 9.59 Å². The van der Waals surface area contributed by atoms with Crippen LogP contribution in [0.5, 0.6) is 0 Å². The van der Waals surface area contributed by atoms with E-state index in [1.54, 1.807) is 7.05 Å². The smallest absolute Gasteiger partial charge is 0.234 e. The van der Waals surface area contributed by atoms with Crippen molar-refractivity contribution in [3.05, 3.63) is 0 Å². The average Bonchev–Trinajstić information content (AvgIpc) is 2.89. The zero-order valence-corrected chi connectivity index (χ0v) is 13.2. The number of carbonyl (C=O) groups excluding carboxylic acids is 2. The van der Waals surface area contributed by atoms with Gasteiger partial charge in [0.1, 0.15) is 0 Å². The third kappa shape index (κ3) is 5.30. The normalized spacial score (nSPS) is 25.1. The molecule has 1 heterocycles. The molecule has 1 atom stereocenters. The summed E-state index contributed by atoms with van der Waals surface area (Å²) in [5.41, 5.74) is 0. The Bertz CT molecular complexity index is 351. The Kier molecular flexibility index (Phi) is 6.49. The molecule has 2 N–H and O–H groups in total. The molecule has 1 aliphatic carbocycles. The summed E-state index contributed by atoms with van der Waals surface area (Å²) >= 11 is 0. The van der Waals surface area contributed by atoms with Crippen molar-refractivity contribution in [2.45, 2.75) is 57.4 Å². The lowest BCUT2D eigenvalue weighted by Gasteiger charge is -2.23. The van der Waals surface area contributed by atoms with Crippen LogP contribution >= 0.6 is 0 Å². The third-order valence-corrected chi connectivity index (χ3v) is 4.73. The first-order valence-corrected chi connectivity index (χ1v) is 8.42. The van der Waals surface area contributed by atoms with Crippen LogP contribution in [0.25, 0.3) is 0 Å². The third-order valence-electron chi connectivity index (χ3n) is 4.73. The molecule has 0 unspecified atom stereocenters. The van der Waals surface area contributed by atoms with E-state index >= 15 is 0 Å². The van der Waals surface area contributed by atoms with E-state index < -0.39 is 0 Å². The van der Waals surface area contributed by atoms with Crippen molar-refractivity contribution in [3.8, 4) is 0 Å². The Balaban J connectivity index is 1.70. The zero-order chi connectivity index (χ0) is 15.1. The highest BCUT2D eigenvalue weighted by atomic mass is 16.2. The van der Waals surface area contributed by atoms with Crippen molar-refractivity contribution < 1.29 is 9.59 Å². The second kappa shape index (κ2) is 8.37. The maximum absolute atomic E-state index is 12.2. The molecule has 5 nitrogen and oxygen atoms in total. The van der Waals surface area contributed by atoms with E-state index in [9.17, 15) is 9.59 Å². The number of nitrogens with zero attached hydrogens (tertiary/aromatic N) is 1. The SMILES string of the molecule is CNC(=O)[C@@H]1CCN(CC(=O)NC2CCCCCCC2)C1. The van der Waals surface area contributed by atoms with Crippen LogP contribution in [0.3, 0.4) is 0 Å². The Labute approximate surface area is 127 Å². The number of hydrogen-bond acceptors (Lipinski definition) is 3. The topological polar surface area (TPSA) is 61.4 Å². The van der Waals surface area contributed by atoms with Crippen molar-refractivity contribution in [2.75, 3.05) is 26.7 Å². The minimum Gasteiger partial charge on any atom is -0.359 e. The van der Waals surface area contributed by atoms with Gasteiger partial charge >= 0.3 is 0 Å². The fourth-order valence-corrected chi connectivity index (χ4v) is 3.47. The Morgan fingerprint density at radius 2 is 1.71 bits per heavy atom. The van der Waals surface area contributed by atoms with E-state index in [0.717, 1.165) is 25.8 Å². The number of carbonyl (C=O) groups is 2.